The molecule has 0 spiro atoms. The minimum Gasteiger partial charge on any atom is -0.497 e. The number of nitriles is 1. The van der Waals surface area contributed by atoms with Crippen LogP contribution in [0.1, 0.15) is 16.9 Å². The van der Waals surface area contributed by atoms with E-state index < -0.39 is 5.63 Å². The van der Waals surface area contributed by atoms with E-state index in [1.165, 1.54) is 11.8 Å². The van der Waals surface area contributed by atoms with E-state index in [4.69, 9.17) is 14.4 Å². The highest BCUT2D eigenvalue weighted by atomic mass is 32.2. The molecule has 0 atom stereocenters. The SMILES string of the molecule is COc1ccc(/C=C/c2cc(SC)c(C#N)c(=O)o2)cc1. The molecule has 0 saturated carbocycles. The topological polar surface area (TPSA) is 63.2 Å². The molecule has 0 aliphatic heterocycles. The molecular weight excluding hydrogens is 286 g/mol. The maximum absolute atomic E-state index is 11.7. The molecule has 21 heavy (non-hydrogen) atoms. The van der Waals surface area contributed by atoms with E-state index in [0.29, 0.717) is 10.7 Å². The van der Waals surface area contributed by atoms with Crippen LogP contribution in [0.3, 0.4) is 0 Å². The summed E-state index contributed by atoms with van der Waals surface area (Å²) in [7, 11) is 1.61. The summed E-state index contributed by atoms with van der Waals surface area (Å²) in [6.45, 7) is 0. The Balaban J connectivity index is 2.30. The molecule has 2 rings (SSSR count). The van der Waals surface area contributed by atoms with Crippen LogP contribution in [-0.4, -0.2) is 13.4 Å². The highest BCUT2D eigenvalue weighted by Crippen LogP contribution is 2.20. The summed E-state index contributed by atoms with van der Waals surface area (Å²) in [4.78, 5) is 12.3. The first-order valence-electron chi connectivity index (χ1n) is 6.12. The maximum Gasteiger partial charge on any atom is 0.355 e. The van der Waals surface area contributed by atoms with Gasteiger partial charge in [0.2, 0.25) is 0 Å². The predicted octanol–water partition coefficient (Wildman–Crippen LogP) is 3.41. The van der Waals surface area contributed by atoms with E-state index in [0.717, 1.165) is 11.3 Å². The molecule has 0 unspecified atom stereocenters. The van der Waals surface area contributed by atoms with Gasteiger partial charge in [-0.25, -0.2) is 4.79 Å². The van der Waals surface area contributed by atoms with Crippen molar-refractivity contribution in [3.63, 3.8) is 0 Å². The highest BCUT2D eigenvalue weighted by Gasteiger charge is 2.09. The monoisotopic (exact) mass is 299 g/mol. The molecule has 0 fully saturated rings. The van der Waals surface area contributed by atoms with Crippen LogP contribution in [0.5, 0.6) is 5.75 Å². The molecule has 4 nitrogen and oxygen atoms in total. The zero-order chi connectivity index (χ0) is 15.2. The van der Waals surface area contributed by atoms with Gasteiger partial charge in [0, 0.05) is 4.90 Å². The lowest BCUT2D eigenvalue weighted by Gasteiger charge is -2.01. The summed E-state index contributed by atoms with van der Waals surface area (Å²) < 4.78 is 10.2. The van der Waals surface area contributed by atoms with Crippen molar-refractivity contribution in [2.24, 2.45) is 0 Å². The predicted molar refractivity (Wildman–Crippen MR) is 83.4 cm³/mol. The van der Waals surface area contributed by atoms with E-state index in [1.807, 2.05) is 42.7 Å². The van der Waals surface area contributed by atoms with Crippen molar-refractivity contribution in [2.75, 3.05) is 13.4 Å². The molecule has 1 aromatic heterocycles. The summed E-state index contributed by atoms with van der Waals surface area (Å²) in [5, 5.41) is 8.93. The second-order valence-corrected chi connectivity index (χ2v) is 4.95. The maximum atomic E-state index is 11.7. The largest absolute Gasteiger partial charge is 0.497 e. The third-order valence-electron chi connectivity index (χ3n) is 2.82. The Kier molecular flexibility index (Phi) is 4.85. The van der Waals surface area contributed by atoms with Crippen LogP contribution in [0.2, 0.25) is 0 Å². The second-order valence-electron chi connectivity index (χ2n) is 4.10. The number of nitrogens with zero attached hydrogens (tertiary/aromatic N) is 1. The molecule has 1 aromatic carbocycles. The molecule has 0 aliphatic rings. The van der Waals surface area contributed by atoms with Gasteiger partial charge in [-0.1, -0.05) is 18.2 Å². The first kappa shape index (κ1) is 14.9. The lowest BCUT2D eigenvalue weighted by Crippen LogP contribution is -2.06. The molecular formula is C16H13NO3S. The molecule has 0 amide bonds. The molecule has 0 bridgehead atoms. The van der Waals surface area contributed by atoms with E-state index in [9.17, 15) is 4.79 Å². The highest BCUT2D eigenvalue weighted by molar-refractivity contribution is 7.98. The van der Waals surface area contributed by atoms with E-state index in [1.54, 1.807) is 19.3 Å². The number of thioether (sulfide) groups is 1. The normalized spacial score (nSPS) is 10.5. The van der Waals surface area contributed by atoms with E-state index in [2.05, 4.69) is 0 Å². The lowest BCUT2D eigenvalue weighted by molar-refractivity contribution is 0.415. The van der Waals surface area contributed by atoms with Gasteiger partial charge >= 0.3 is 5.63 Å². The smallest absolute Gasteiger partial charge is 0.355 e. The van der Waals surface area contributed by atoms with Gasteiger partial charge in [0.1, 0.15) is 17.6 Å². The van der Waals surface area contributed by atoms with Crippen molar-refractivity contribution < 1.29 is 9.15 Å². The minimum absolute atomic E-state index is 0.0455. The molecule has 0 saturated heterocycles. The third kappa shape index (κ3) is 3.56. The first-order chi connectivity index (χ1) is 10.2. The summed E-state index contributed by atoms with van der Waals surface area (Å²) in [5.41, 5.74) is 0.385. The molecule has 2 aromatic rings. The lowest BCUT2D eigenvalue weighted by atomic mass is 10.2. The molecule has 0 aliphatic carbocycles. The van der Waals surface area contributed by atoms with Crippen LogP contribution in [-0.2, 0) is 0 Å². The van der Waals surface area contributed by atoms with Gasteiger partial charge in [-0.2, -0.15) is 5.26 Å². The van der Waals surface area contributed by atoms with Crippen molar-refractivity contribution in [3.8, 4) is 11.8 Å². The number of ether oxygens (including phenoxy) is 1. The van der Waals surface area contributed by atoms with Crippen LogP contribution in [0.4, 0.5) is 0 Å². The molecule has 0 N–H and O–H groups in total. The van der Waals surface area contributed by atoms with Crippen molar-refractivity contribution in [1.29, 1.82) is 5.26 Å². The van der Waals surface area contributed by atoms with Gasteiger partial charge in [0.15, 0.2) is 5.56 Å². The standard InChI is InChI=1S/C16H13NO3S/c1-19-12-6-3-11(4-7-12)5-8-13-9-15(21-2)14(10-17)16(18)20-13/h3-9H,1-2H3/b8-5+. The van der Waals surface area contributed by atoms with Crippen LogP contribution in [0.25, 0.3) is 12.2 Å². The summed E-state index contributed by atoms with van der Waals surface area (Å²) >= 11 is 1.34. The van der Waals surface area contributed by atoms with Crippen molar-refractivity contribution >= 4 is 23.9 Å². The first-order valence-corrected chi connectivity index (χ1v) is 7.34. The molecule has 1 heterocycles. The van der Waals surface area contributed by atoms with Gasteiger partial charge in [0.05, 0.1) is 7.11 Å². The van der Waals surface area contributed by atoms with Crippen molar-refractivity contribution in [3.05, 3.63) is 57.6 Å². The fourth-order valence-corrected chi connectivity index (χ4v) is 2.29. The van der Waals surface area contributed by atoms with Crippen LogP contribution < -0.4 is 10.4 Å². The number of hydrogen-bond acceptors (Lipinski definition) is 5. The number of rotatable bonds is 4. The molecule has 106 valence electrons. The van der Waals surface area contributed by atoms with Crippen LogP contribution in [0.15, 0.2) is 44.4 Å². The number of hydrogen-bond donors (Lipinski definition) is 0. The van der Waals surface area contributed by atoms with Gasteiger partial charge in [0.25, 0.3) is 0 Å². The van der Waals surface area contributed by atoms with Crippen LogP contribution >= 0.6 is 11.8 Å². The Labute approximate surface area is 126 Å². The van der Waals surface area contributed by atoms with E-state index >= 15 is 0 Å². The van der Waals surface area contributed by atoms with Crippen molar-refractivity contribution in [2.45, 2.75) is 4.90 Å². The fraction of sp³-hybridized carbons (Fsp3) is 0.125. The minimum atomic E-state index is -0.612. The Morgan fingerprint density at radius 2 is 2.00 bits per heavy atom. The third-order valence-corrected chi connectivity index (χ3v) is 3.58. The summed E-state index contributed by atoms with van der Waals surface area (Å²) in [6, 6.07) is 11.0. The molecule has 0 radical (unpaired) electrons. The van der Waals surface area contributed by atoms with Crippen LogP contribution in [0, 0.1) is 11.3 Å². The second kappa shape index (κ2) is 6.82. The van der Waals surface area contributed by atoms with Gasteiger partial charge in [-0.15, -0.1) is 11.8 Å². The Morgan fingerprint density at radius 1 is 1.29 bits per heavy atom. The summed E-state index contributed by atoms with van der Waals surface area (Å²) in [5.74, 6) is 1.20. The van der Waals surface area contributed by atoms with E-state index in [-0.39, 0.29) is 5.56 Å². The number of benzene rings is 1. The Morgan fingerprint density at radius 3 is 2.57 bits per heavy atom. The summed E-state index contributed by atoms with van der Waals surface area (Å²) in [6.07, 6.45) is 5.34. The average molecular weight is 299 g/mol. The fourth-order valence-electron chi connectivity index (χ4n) is 1.73. The quantitative estimate of drug-likeness (QED) is 0.809. The average Bonchev–Trinajstić information content (AvgIpc) is 2.52. The molecule has 5 heteroatoms. The van der Waals surface area contributed by atoms with Gasteiger partial charge in [-0.05, 0) is 36.1 Å². The van der Waals surface area contributed by atoms with Crippen molar-refractivity contribution in [1.82, 2.24) is 0 Å². The zero-order valence-electron chi connectivity index (χ0n) is 11.6. The Bertz CT molecular complexity index is 755. The van der Waals surface area contributed by atoms with Gasteiger partial charge in [-0.3, -0.25) is 0 Å². The Hall–Kier alpha value is -2.45. The van der Waals surface area contributed by atoms with Gasteiger partial charge < -0.3 is 9.15 Å². The zero-order valence-corrected chi connectivity index (χ0v) is 12.4. The number of methoxy groups -OCH3 is 1.